The molecule has 1 fully saturated rings. The number of hydrogen-bond donors (Lipinski definition) is 2. The van der Waals surface area contributed by atoms with Crippen molar-refractivity contribution in [3.63, 3.8) is 0 Å². The number of aliphatic hydroxyl groups is 1. The van der Waals surface area contributed by atoms with Crippen LogP contribution < -0.4 is 5.32 Å². The van der Waals surface area contributed by atoms with Crippen molar-refractivity contribution < 1.29 is 5.11 Å². The van der Waals surface area contributed by atoms with Gasteiger partial charge < -0.3 is 19.9 Å². The summed E-state index contributed by atoms with van der Waals surface area (Å²) in [6.45, 7) is 7.35. The average molecular weight is 435 g/mol. The molecular weight excluding hydrogens is 404 g/mol. The van der Waals surface area contributed by atoms with Crippen LogP contribution in [0.15, 0.2) is 54.7 Å². The van der Waals surface area contributed by atoms with Crippen molar-refractivity contribution in [2.75, 3.05) is 13.2 Å². The first-order chi connectivity index (χ1) is 15.0. The molecule has 0 radical (unpaired) electrons. The molecule has 5 nitrogen and oxygen atoms in total. The first-order valence-corrected chi connectivity index (χ1v) is 11.3. The van der Waals surface area contributed by atoms with Crippen LogP contribution in [-0.4, -0.2) is 37.8 Å². The summed E-state index contributed by atoms with van der Waals surface area (Å²) < 4.78 is 2.32. The molecule has 0 aliphatic carbocycles. The number of pyridine rings is 1. The van der Waals surface area contributed by atoms with Gasteiger partial charge in [-0.3, -0.25) is 4.98 Å². The summed E-state index contributed by atoms with van der Waals surface area (Å²) in [7, 11) is 0. The molecule has 0 spiro atoms. The molecule has 3 aromatic rings. The van der Waals surface area contributed by atoms with Crippen LogP contribution in [0.4, 0.5) is 0 Å². The lowest BCUT2D eigenvalue weighted by molar-refractivity contribution is 0.247. The van der Waals surface area contributed by atoms with E-state index in [2.05, 4.69) is 70.9 Å². The van der Waals surface area contributed by atoms with Gasteiger partial charge in [0.2, 0.25) is 0 Å². The Kier molecular flexibility index (Phi) is 6.39. The van der Waals surface area contributed by atoms with Crippen LogP contribution in [0.3, 0.4) is 0 Å². The largest absolute Gasteiger partial charge is 0.396 e. The SMILES string of the molecule is CCc1ccc(-n2c(C)cc([C@@H]3[C@H](c4ccccn4)NC(=S)N3CCCO)c2C)cc1. The van der Waals surface area contributed by atoms with Gasteiger partial charge in [0.25, 0.3) is 0 Å². The number of rotatable bonds is 7. The fourth-order valence-electron chi connectivity index (χ4n) is 4.59. The van der Waals surface area contributed by atoms with Crippen LogP contribution in [0.25, 0.3) is 5.69 Å². The van der Waals surface area contributed by atoms with Gasteiger partial charge in [-0.05, 0) is 80.4 Å². The van der Waals surface area contributed by atoms with Crippen LogP contribution in [0.5, 0.6) is 0 Å². The minimum absolute atomic E-state index is 0.0174. The van der Waals surface area contributed by atoms with Gasteiger partial charge in [0.1, 0.15) is 0 Å². The van der Waals surface area contributed by atoms with Crippen LogP contribution in [0, 0.1) is 13.8 Å². The molecule has 0 bridgehead atoms. The van der Waals surface area contributed by atoms with Crippen molar-refractivity contribution in [2.45, 2.75) is 45.7 Å². The van der Waals surface area contributed by atoms with Gasteiger partial charge in [0.15, 0.2) is 5.11 Å². The minimum atomic E-state index is -0.0381. The molecule has 2 aromatic heterocycles. The number of nitrogens with one attached hydrogen (secondary N) is 1. The normalized spacial score (nSPS) is 18.5. The summed E-state index contributed by atoms with van der Waals surface area (Å²) in [5.74, 6) is 0. The zero-order valence-corrected chi connectivity index (χ0v) is 19.2. The molecular formula is C25H30N4OS. The molecule has 2 atom stereocenters. The van der Waals surface area contributed by atoms with E-state index in [-0.39, 0.29) is 18.7 Å². The maximum atomic E-state index is 9.44. The summed E-state index contributed by atoms with van der Waals surface area (Å²) in [6.07, 6.45) is 3.53. The summed E-state index contributed by atoms with van der Waals surface area (Å²) in [6, 6.07) is 17.0. The van der Waals surface area contributed by atoms with E-state index in [4.69, 9.17) is 12.2 Å². The highest BCUT2D eigenvalue weighted by molar-refractivity contribution is 7.80. The maximum absolute atomic E-state index is 9.44. The molecule has 3 heterocycles. The first kappa shape index (κ1) is 21.5. The fraction of sp³-hybridized carbons (Fsp3) is 0.360. The average Bonchev–Trinajstić information content (AvgIpc) is 3.27. The lowest BCUT2D eigenvalue weighted by Gasteiger charge is -2.28. The Balaban J connectivity index is 1.79. The van der Waals surface area contributed by atoms with Crippen molar-refractivity contribution in [2.24, 2.45) is 0 Å². The van der Waals surface area contributed by atoms with Crippen molar-refractivity contribution >= 4 is 17.3 Å². The van der Waals surface area contributed by atoms with Crippen LogP contribution in [0.2, 0.25) is 0 Å². The number of hydrogen-bond acceptors (Lipinski definition) is 3. The van der Waals surface area contributed by atoms with Gasteiger partial charge in [-0.15, -0.1) is 0 Å². The third-order valence-corrected chi connectivity index (χ3v) is 6.50. The fourth-order valence-corrected chi connectivity index (χ4v) is 4.92. The molecule has 162 valence electrons. The van der Waals surface area contributed by atoms with Crippen LogP contribution in [-0.2, 0) is 6.42 Å². The molecule has 0 saturated carbocycles. The predicted molar refractivity (Wildman–Crippen MR) is 128 cm³/mol. The lowest BCUT2D eigenvalue weighted by atomic mass is 9.96. The Hall–Kier alpha value is -2.70. The number of aryl methyl sites for hydroxylation is 2. The van der Waals surface area contributed by atoms with Crippen LogP contribution in [0.1, 0.15) is 53.6 Å². The van der Waals surface area contributed by atoms with Crippen molar-refractivity contribution in [3.8, 4) is 5.69 Å². The highest BCUT2D eigenvalue weighted by atomic mass is 32.1. The molecule has 0 unspecified atom stereocenters. The van der Waals surface area contributed by atoms with Gasteiger partial charge >= 0.3 is 0 Å². The predicted octanol–water partition coefficient (Wildman–Crippen LogP) is 4.41. The third-order valence-electron chi connectivity index (χ3n) is 6.15. The Labute approximate surface area is 189 Å². The molecule has 31 heavy (non-hydrogen) atoms. The highest BCUT2D eigenvalue weighted by Gasteiger charge is 2.41. The molecule has 6 heteroatoms. The van der Waals surface area contributed by atoms with Crippen molar-refractivity contribution in [3.05, 3.63) is 82.9 Å². The van der Waals surface area contributed by atoms with Gasteiger partial charge in [0, 0.05) is 36.4 Å². The summed E-state index contributed by atoms with van der Waals surface area (Å²) in [5, 5.41) is 13.6. The van der Waals surface area contributed by atoms with Gasteiger partial charge in [0.05, 0.1) is 17.8 Å². The van der Waals surface area contributed by atoms with E-state index in [9.17, 15) is 5.11 Å². The molecule has 1 saturated heterocycles. The van der Waals surface area contributed by atoms with E-state index < -0.39 is 0 Å². The smallest absolute Gasteiger partial charge is 0.170 e. The number of aliphatic hydroxyl groups excluding tert-OH is 1. The quantitative estimate of drug-likeness (QED) is 0.540. The monoisotopic (exact) mass is 434 g/mol. The van der Waals surface area contributed by atoms with Crippen molar-refractivity contribution in [1.29, 1.82) is 0 Å². The Bertz CT molecular complexity index is 1050. The second kappa shape index (κ2) is 9.20. The number of thiocarbonyl (C=S) groups is 1. The number of nitrogens with zero attached hydrogens (tertiary/aromatic N) is 3. The second-order valence-electron chi connectivity index (χ2n) is 8.08. The zero-order chi connectivity index (χ0) is 22.0. The second-order valence-corrected chi connectivity index (χ2v) is 8.47. The van der Waals surface area contributed by atoms with Gasteiger partial charge in [-0.25, -0.2) is 0 Å². The first-order valence-electron chi connectivity index (χ1n) is 10.9. The molecule has 1 aliphatic rings. The standard InChI is InChI=1S/C25H30N4OS/c1-4-19-9-11-20(12-10-19)29-17(2)16-21(18(29)3)24-23(22-8-5-6-13-26-22)27-25(31)28(24)14-7-15-30/h5-6,8-13,16,23-24,30H,4,7,14-15H2,1-3H3,(H,27,31)/t23-,24+/m0/s1. The topological polar surface area (TPSA) is 53.3 Å². The maximum Gasteiger partial charge on any atom is 0.170 e. The number of benzene rings is 1. The Morgan fingerprint density at radius 3 is 2.55 bits per heavy atom. The lowest BCUT2D eigenvalue weighted by Crippen LogP contribution is -2.31. The van der Waals surface area contributed by atoms with E-state index in [1.54, 1.807) is 0 Å². The van der Waals surface area contributed by atoms with Crippen molar-refractivity contribution in [1.82, 2.24) is 19.8 Å². The van der Waals surface area contributed by atoms with Gasteiger partial charge in [-0.2, -0.15) is 0 Å². The van der Waals surface area contributed by atoms with Gasteiger partial charge in [-0.1, -0.05) is 25.1 Å². The highest BCUT2D eigenvalue weighted by Crippen LogP contribution is 2.41. The zero-order valence-electron chi connectivity index (χ0n) is 18.4. The summed E-state index contributed by atoms with van der Waals surface area (Å²) in [5.41, 5.74) is 7.10. The Morgan fingerprint density at radius 1 is 1.13 bits per heavy atom. The van der Waals surface area contributed by atoms with Crippen LogP contribution >= 0.6 is 12.2 Å². The van der Waals surface area contributed by atoms with E-state index in [1.807, 2.05) is 24.4 Å². The Morgan fingerprint density at radius 2 is 1.90 bits per heavy atom. The molecule has 1 aliphatic heterocycles. The van der Waals surface area contributed by atoms with E-state index in [1.165, 1.54) is 28.2 Å². The summed E-state index contributed by atoms with van der Waals surface area (Å²) in [4.78, 5) is 6.82. The molecule has 4 rings (SSSR count). The van der Waals surface area contributed by atoms with E-state index in [0.29, 0.717) is 18.1 Å². The molecule has 2 N–H and O–H groups in total. The molecule has 1 aromatic carbocycles. The van der Waals surface area contributed by atoms with E-state index >= 15 is 0 Å². The molecule has 0 amide bonds. The van der Waals surface area contributed by atoms with E-state index in [0.717, 1.165) is 12.1 Å². The number of aromatic nitrogens is 2. The summed E-state index contributed by atoms with van der Waals surface area (Å²) >= 11 is 5.71. The third kappa shape index (κ3) is 4.10. The minimum Gasteiger partial charge on any atom is -0.396 e.